The van der Waals surface area contributed by atoms with Crippen LogP contribution in [0.4, 0.5) is 0 Å². The van der Waals surface area contributed by atoms with E-state index in [4.69, 9.17) is 0 Å². The van der Waals surface area contributed by atoms with Crippen molar-refractivity contribution in [2.24, 2.45) is 0 Å². The molecule has 0 aliphatic heterocycles. The molecule has 0 unspecified atom stereocenters. The molecule has 10 heavy (non-hydrogen) atoms. The number of benzene rings is 1. The second kappa shape index (κ2) is 5.63. The van der Waals surface area contributed by atoms with Crippen molar-refractivity contribution in [1.29, 1.82) is 0 Å². The van der Waals surface area contributed by atoms with E-state index in [0.717, 1.165) is 0 Å². The molecule has 0 radical (unpaired) electrons. The molecule has 0 saturated heterocycles. The van der Waals surface area contributed by atoms with Crippen LogP contribution in [0.5, 0.6) is 11.5 Å². The largest absolute Gasteiger partial charge is 1.00 e. The molecule has 0 heterocycles. The Labute approximate surface area is 80.2 Å². The zero-order chi connectivity index (χ0) is 5.98. The van der Waals surface area contributed by atoms with Crippen molar-refractivity contribution in [2.75, 3.05) is 0 Å². The van der Waals surface area contributed by atoms with Crippen molar-refractivity contribution in [3.8, 4) is 11.5 Å². The van der Waals surface area contributed by atoms with E-state index in [1.54, 1.807) is 0 Å². The molecule has 0 bridgehead atoms. The maximum absolute atomic E-state index is 10.3. The van der Waals surface area contributed by atoms with Gasteiger partial charge in [-0.05, 0) is 0 Å². The van der Waals surface area contributed by atoms with Gasteiger partial charge >= 0.3 is 34.1 Å². The topological polar surface area (TPSA) is 46.1 Å². The number of rotatable bonds is 0. The maximum Gasteiger partial charge on any atom is 1.00 e. The van der Waals surface area contributed by atoms with Gasteiger partial charge < -0.3 is 10.2 Å². The van der Waals surface area contributed by atoms with Crippen LogP contribution in [-0.2, 0) is 34.1 Å². The summed E-state index contributed by atoms with van der Waals surface area (Å²) in [5.74, 6) is -0.241. The third kappa shape index (κ3) is 3.80. The Balaban J connectivity index is 0. The Morgan fingerprint density at radius 2 is 0.900 bits per heavy atom. The number of hydrogen-bond acceptors (Lipinski definition) is 2. The summed E-state index contributed by atoms with van der Waals surface area (Å²) in [6.45, 7) is 0. The minimum absolute atomic E-state index is 0. The van der Waals surface area contributed by atoms with Gasteiger partial charge in [-0.2, -0.15) is 0 Å². The first-order valence-electron chi connectivity index (χ1n) is 2.23. The average Bonchev–Trinajstić information content (AvgIpc) is 1.77. The molecule has 1 aromatic carbocycles. The fraction of sp³-hybridized carbons (Fsp3) is 0. The van der Waals surface area contributed by atoms with Crippen LogP contribution in [0.15, 0.2) is 24.3 Å². The van der Waals surface area contributed by atoms with Crippen LogP contribution in [0.3, 0.4) is 0 Å². The van der Waals surface area contributed by atoms with Crippen LogP contribution in [0.1, 0.15) is 0 Å². The minimum atomic E-state index is -0.121. The van der Waals surface area contributed by atoms with Crippen molar-refractivity contribution >= 4 is 0 Å². The zero-order valence-corrected chi connectivity index (χ0v) is 6.61. The second-order valence-electron chi connectivity index (χ2n) is 1.47. The van der Waals surface area contributed by atoms with Gasteiger partial charge in [0.2, 0.25) is 0 Å². The van der Waals surface area contributed by atoms with Gasteiger partial charge in [0.05, 0.1) is 0 Å². The standard InChI is InChI=1S/C6H6O2.2Cu/c7-5-1-2-6(8)4-3-5;;/h1-4,7-8H;;/q;2*+1/p-2. The van der Waals surface area contributed by atoms with Gasteiger partial charge in [0.15, 0.2) is 0 Å². The summed E-state index contributed by atoms with van der Waals surface area (Å²) in [6.07, 6.45) is 0. The predicted molar refractivity (Wildman–Crippen MR) is 25.3 cm³/mol. The van der Waals surface area contributed by atoms with Crippen LogP contribution in [-0.4, -0.2) is 0 Å². The van der Waals surface area contributed by atoms with E-state index in [2.05, 4.69) is 0 Å². The average molecular weight is 235 g/mol. The molecular weight excluding hydrogens is 231 g/mol. The van der Waals surface area contributed by atoms with Crippen LogP contribution >= 0.6 is 0 Å². The molecule has 62 valence electrons. The summed E-state index contributed by atoms with van der Waals surface area (Å²) < 4.78 is 0. The molecule has 0 fully saturated rings. The van der Waals surface area contributed by atoms with Crippen molar-refractivity contribution in [1.82, 2.24) is 0 Å². The van der Waals surface area contributed by atoms with E-state index in [9.17, 15) is 10.2 Å². The molecular formula is C6H4Cu2O2. The Hall–Kier alpha value is -0.141. The molecule has 2 nitrogen and oxygen atoms in total. The van der Waals surface area contributed by atoms with Crippen LogP contribution in [0.25, 0.3) is 0 Å². The molecule has 0 saturated carbocycles. The van der Waals surface area contributed by atoms with E-state index in [-0.39, 0.29) is 45.6 Å². The van der Waals surface area contributed by atoms with E-state index >= 15 is 0 Å². The second-order valence-corrected chi connectivity index (χ2v) is 1.47. The first kappa shape index (κ1) is 12.5. The van der Waals surface area contributed by atoms with Gasteiger partial charge in [-0.15, -0.1) is 11.5 Å². The molecule has 0 aliphatic carbocycles. The normalized spacial score (nSPS) is 7.20. The van der Waals surface area contributed by atoms with Crippen molar-refractivity contribution in [3.63, 3.8) is 0 Å². The van der Waals surface area contributed by atoms with E-state index in [0.29, 0.717) is 0 Å². The maximum atomic E-state index is 10.3. The van der Waals surface area contributed by atoms with Crippen molar-refractivity contribution in [2.45, 2.75) is 0 Å². The number of hydrogen-bond donors (Lipinski definition) is 0. The predicted octanol–water partition coefficient (Wildman–Crippen LogP) is -0.171. The van der Waals surface area contributed by atoms with E-state index in [1.165, 1.54) is 24.3 Å². The Bertz CT molecular complexity index is 153. The monoisotopic (exact) mass is 234 g/mol. The summed E-state index contributed by atoms with van der Waals surface area (Å²) in [4.78, 5) is 0. The van der Waals surface area contributed by atoms with E-state index < -0.39 is 0 Å². The minimum Gasteiger partial charge on any atom is -0.872 e. The van der Waals surface area contributed by atoms with Crippen molar-refractivity contribution in [3.05, 3.63) is 24.3 Å². The van der Waals surface area contributed by atoms with Gasteiger partial charge in [0.25, 0.3) is 0 Å². The fourth-order valence-corrected chi connectivity index (χ4v) is 0.440. The Morgan fingerprint density at radius 3 is 1.10 bits per heavy atom. The molecule has 0 N–H and O–H groups in total. The summed E-state index contributed by atoms with van der Waals surface area (Å²) in [5, 5.41) is 20.6. The van der Waals surface area contributed by atoms with Gasteiger partial charge in [-0.3, -0.25) is 0 Å². The zero-order valence-electron chi connectivity index (χ0n) is 4.73. The molecule has 0 spiro atoms. The summed E-state index contributed by atoms with van der Waals surface area (Å²) in [7, 11) is 0. The van der Waals surface area contributed by atoms with E-state index in [1.807, 2.05) is 0 Å². The summed E-state index contributed by atoms with van der Waals surface area (Å²) in [5.41, 5.74) is 0. The third-order valence-corrected chi connectivity index (χ3v) is 0.824. The molecule has 0 aliphatic rings. The van der Waals surface area contributed by atoms with Crippen LogP contribution < -0.4 is 10.2 Å². The Morgan fingerprint density at radius 1 is 0.700 bits per heavy atom. The first-order chi connectivity index (χ1) is 3.79. The molecule has 1 rings (SSSR count). The third-order valence-electron chi connectivity index (χ3n) is 0.824. The van der Waals surface area contributed by atoms with Crippen LogP contribution in [0, 0.1) is 0 Å². The van der Waals surface area contributed by atoms with Gasteiger partial charge in [0, 0.05) is 0 Å². The molecule has 0 amide bonds. The van der Waals surface area contributed by atoms with Gasteiger partial charge in [0.1, 0.15) is 0 Å². The van der Waals surface area contributed by atoms with Gasteiger partial charge in [-0.25, -0.2) is 0 Å². The SMILES string of the molecule is [Cu+].[Cu+].[O-]c1ccc([O-])cc1. The molecule has 4 heteroatoms. The van der Waals surface area contributed by atoms with Crippen molar-refractivity contribution < 1.29 is 44.4 Å². The molecule has 1 aromatic rings. The summed E-state index contributed by atoms with van der Waals surface area (Å²) in [6, 6.07) is 5.01. The quantitative estimate of drug-likeness (QED) is 0.586. The van der Waals surface area contributed by atoms with Crippen LogP contribution in [0.2, 0.25) is 0 Å². The molecule has 0 aromatic heterocycles. The summed E-state index contributed by atoms with van der Waals surface area (Å²) >= 11 is 0. The first-order valence-corrected chi connectivity index (χ1v) is 2.23. The van der Waals surface area contributed by atoms with Gasteiger partial charge in [-0.1, -0.05) is 24.3 Å². The smallest absolute Gasteiger partial charge is 0.872 e. The fourth-order valence-electron chi connectivity index (χ4n) is 0.440. The Kier molecular flexibility index (Phi) is 7.05. The molecule has 0 atom stereocenters.